The average Bonchev–Trinajstić information content (AvgIpc) is 2.31. The quantitative estimate of drug-likeness (QED) is 0.686. The molecular formula is C11H23N3Y-2. The van der Waals surface area contributed by atoms with E-state index in [0.717, 1.165) is 0 Å². The Balaban J connectivity index is -0.000000213. The molecule has 0 aromatic carbocycles. The fourth-order valence-electron chi connectivity index (χ4n) is 0.566. The smallest absolute Gasteiger partial charge is 0.0693 e. The van der Waals surface area contributed by atoms with Gasteiger partial charge in [0.2, 0.25) is 0 Å². The molecule has 4 heteroatoms. The van der Waals surface area contributed by atoms with E-state index in [1.165, 1.54) is 5.92 Å². The molecule has 1 aromatic heterocycles. The summed E-state index contributed by atoms with van der Waals surface area (Å²) in [6, 6.07) is 0. The molecule has 0 spiro atoms. The van der Waals surface area contributed by atoms with Crippen molar-refractivity contribution in [2.45, 2.75) is 47.1 Å². The second-order valence-corrected chi connectivity index (χ2v) is 4.52. The standard InChI is InChI=1S/C6H11N3.C4H9.CH3.Y/c1-6(2,3)9-5-4-7-8-9;1-4(2)3;;/h4-5H,1-3H3;1-3H3;1H3;/q;2*-1;. The first kappa shape index (κ1) is 20.6. The van der Waals surface area contributed by atoms with Crippen molar-refractivity contribution in [1.29, 1.82) is 0 Å². The largest absolute Gasteiger partial charge is 0.358 e. The van der Waals surface area contributed by atoms with Crippen molar-refractivity contribution in [2.75, 3.05) is 0 Å². The summed E-state index contributed by atoms with van der Waals surface area (Å²) >= 11 is 0. The summed E-state index contributed by atoms with van der Waals surface area (Å²) in [5, 5.41) is 7.56. The number of hydrogen-bond donors (Lipinski definition) is 0. The van der Waals surface area contributed by atoms with Crippen molar-refractivity contribution in [1.82, 2.24) is 15.0 Å². The third-order valence-corrected chi connectivity index (χ3v) is 1.11. The molecule has 0 unspecified atom stereocenters. The van der Waals surface area contributed by atoms with E-state index < -0.39 is 0 Å². The van der Waals surface area contributed by atoms with Gasteiger partial charge in [0.05, 0.1) is 11.7 Å². The molecule has 0 aliphatic rings. The molecule has 87 valence electrons. The van der Waals surface area contributed by atoms with Crippen LogP contribution in [0.25, 0.3) is 0 Å². The van der Waals surface area contributed by atoms with Gasteiger partial charge in [0, 0.05) is 38.9 Å². The van der Waals surface area contributed by atoms with Crippen LogP contribution in [0.2, 0.25) is 0 Å². The van der Waals surface area contributed by atoms with Gasteiger partial charge in [-0.05, 0) is 20.8 Å². The molecule has 0 aliphatic carbocycles. The Kier molecular flexibility index (Phi) is 13.0. The van der Waals surface area contributed by atoms with Crippen LogP contribution in [0.1, 0.15) is 41.5 Å². The Morgan fingerprint density at radius 1 is 1.13 bits per heavy atom. The van der Waals surface area contributed by atoms with Crippen LogP contribution in [-0.4, -0.2) is 15.0 Å². The van der Waals surface area contributed by atoms with E-state index in [0.29, 0.717) is 0 Å². The van der Waals surface area contributed by atoms with E-state index in [1.807, 2.05) is 10.9 Å². The van der Waals surface area contributed by atoms with Crippen LogP contribution in [0.4, 0.5) is 0 Å². The maximum atomic E-state index is 3.85. The molecule has 0 N–H and O–H groups in total. The fourth-order valence-corrected chi connectivity index (χ4v) is 0.566. The predicted octanol–water partition coefficient (Wildman–Crippen LogP) is 3.10. The summed E-state index contributed by atoms with van der Waals surface area (Å²) in [7, 11) is 0. The monoisotopic (exact) mass is 286 g/mol. The van der Waals surface area contributed by atoms with Crippen LogP contribution in [0.5, 0.6) is 0 Å². The van der Waals surface area contributed by atoms with E-state index in [-0.39, 0.29) is 45.7 Å². The van der Waals surface area contributed by atoms with E-state index >= 15 is 0 Å². The fraction of sp³-hybridized carbons (Fsp3) is 0.636. The van der Waals surface area contributed by atoms with Gasteiger partial charge >= 0.3 is 0 Å². The summed E-state index contributed by atoms with van der Waals surface area (Å²) in [6.07, 6.45) is 3.55. The summed E-state index contributed by atoms with van der Waals surface area (Å²) in [6.45, 7) is 12.5. The predicted molar refractivity (Wildman–Crippen MR) is 61.7 cm³/mol. The summed E-state index contributed by atoms with van der Waals surface area (Å²) in [5.41, 5.74) is 0.0660. The maximum Gasteiger partial charge on any atom is 0.0693 e. The van der Waals surface area contributed by atoms with Crippen LogP contribution < -0.4 is 0 Å². The van der Waals surface area contributed by atoms with Gasteiger partial charge < -0.3 is 13.3 Å². The van der Waals surface area contributed by atoms with Gasteiger partial charge in [-0.15, -0.1) is 5.10 Å². The van der Waals surface area contributed by atoms with Crippen LogP contribution in [-0.2, 0) is 38.2 Å². The number of hydrogen-bond acceptors (Lipinski definition) is 2. The minimum Gasteiger partial charge on any atom is -0.358 e. The number of rotatable bonds is 0. The molecule has 0 saturated carbocycles. The van der Waals surface area contributed by atoms with Crippen molar-refractivity contribution >= 4 is 0 Å². The van der Waals surface area contributed by atoms with Gasteiger partial charge in [-0.2, -0.15) is 20.8 Å². The molecule has 15 heavy (non-hydrogen) atoms. The van der Waals surface area contributed by atoms with E-state index in [2.05, 4.69) is 51.9 Å². The normalized spacial score (nSPS) is 9.53. The Morgan fingerprint density at radius 2 is 1.53 bits per heavy atom. The van der Waals surface area contributed by atoms with E-state index in [9.17, 15) is 0 Å². The van der Waals surface area contributed by atoms with Gasteiger partial charge in [-0.1, -0.05) is 5.21 Å². The average molecular weight is 286 g/mol. The molecule has 0 aliphatic heterocycles. The minimum absolute atomic E-state index is 0. The summed E-state index contributed by atoms with van der Waals surface area (Å²) in [4.78, 5) is 0. The maximum absolute atomic E-state index is 3.85. The SMILES string of the molecule is CC(C)(C)n1ccnn1.C[C-](C)C.[CH3-].[Y]. The Hall–Kier alpha value is 0.244. The third kappa shape index (κ3) is 12.2. The molecule has 1 radical (unpaired) electrons. The van der Waals surface area contributed by atoms with Crippen molar-refractivity contribution in [3.63, 3.8) is 0 Å². The van der Waals surface area contributed by atoms with Crippen molar-refractivity contribution in [2.24, 2.45) is 0 Å². The molecule has 3 nitrogen and oxygen atoms in total. The summed E-state index contributed by atoms with van der Waals surface area (Å²) in [5.74, 6) is 1.42. The number of aromatic nitrogens is 3. The van der Waals surface area contributed by atoms with Crippen LogP contribution in [0.3, 0.4) is 0 Å². The topological polar surface area (TPSA) is 30.7 Å². The Bertz CT molecular complexity index is 209. The Morgan fingerprint density at radius 3 is 1.67 bits per heavy atom. The molecule has 0 fully saturated rings. The van der Waals surface area contributed by atoms with Gasteiger partial charge in [-0.25, -0.2) is 4.68 Å². The van der Waals surface area contributed by atoms with Crippen molar-refractivity contribution in [3.8, 4) is 0 Å². The van der Waals surface area contributed by atoms with E-state index in [1.54, 1.807) is 6.20 Å². The molecule has 0 atom stereocenters. The molecule has 0 amide bonds. The second-order valence-electron chi connectivity index (χ2n) is 4.52. The molecular weight excluding hydrogens is 263 g/mol. The van der Waals surface area contributed by atoms with Crippen molar-refractivity contribution in [3.05, 3.63) is 25.7 Å². The second kappa shape index (κ2) is 9.47. The zero-order valence-corrected chi connectivity index (χ0v) is 13.9. The van der Waals surface area contributed by atoms with Gasteiger partial charge in [0.1, 0.15) is 0 Å². The van der Waals surface area contributed by atoms with Crippen LogP contribution in [0, 0.1) is 13.3 Å². The Labute approximate surface area is 120 Å². The zero-order valence-electron chi connectivity index (χ0n) is 11.1. The third-order valence-electron chi connectivity index (χ3n) is 1.11. The van der Waals surface area contributed by atoms with Crippen LogP contribution >= 0.6 is 0 Å². The molecule has 1 aromatic rings. The van der Waals surface area contributed by atoms with Crippen molar-refractivity contribution < 1.29 is 32.7 Å². The van der Waals surface area contributed by atoms with Gasteiger partial charge in [0.15, 0.2) is 0 Å². The van der Waals surface area contributed by atoms with Gasteiger partial charge in [-0.3, -0.25) is 0 Å². The molecule has 1 heterocycles. The molecule has 0 saturated heterocycles. The first-order valence-electron chi connectivity index (χ1n) is 4.47. The molecule has 0 bridgehead atoms. The number of nitrogens with zero attached hydrogens (tertiary/aromatic N) is 3. The van der Waals surface area contributed by atoms with Gasteiger partial charge in [0.25, 0.3) is 0 Å². The first-order chi connectivity index (χ1) is 5.84. The first-order valence-corrected chi connectivity index (χ1v) is 4.47. The summed E-state index contributed by atoms with van der Waals surface area (Å²) < 4.78 is 1.83. The van der Waals surface area contributed by atoms with Crippen LogP contribution in [0.15, 0.2) is 12.4 Å². The van der Waals surface area contributed by atoms with E-state index in [4.69, 9.17) is 0 Å². The minimum atomic E-state index is 0. The molecule has 1 rings (SSSR count). The zero-order chi connectivity index (χ0) is 10.5.